The lowest BCUT2D eigenvalue weighted by Gasteiger charge is -2.63. The van der Waals surface area contributed by atoms with Crippen LogP contribution in [0.25, 0.3) is 5.00 Å². The van der Waals surface area contributed by atoms with Gasteiger partial charge in [-0.15, -0.1) is 21.5 Å². The van der Waals surface area contributed by atoms with E-state index in [1.54, 1.807) is 53.8 Å². The molecule has 0 bridgehead atoms. The van der Waals surface area contributed by atoms with Crippen LogP contribution < -0.4 is 14.8 Å². The number of carbonyl (C=O) groups is 2. The summed E-state index contributed by atoms with van der Waals surface area (Å²) in [5.41, 5.74) is 4.36. The Hall–Kier alpha value is -5.10. The maximum atomic E-state index is 13.4. The number of amides is 1. The summed E-state index contributed by atoms with van der Waals surface area (Å²) in [5.74, 6) is 2.61. The molecule has 1 amide bonds. The smallest absolute Gasteiger partial charge is 0.222 e. The first-order valence-corrected chi connectivity index (χ1v) is 22.6. The predicted octanol–water partition coefficient (Wildman–Crippen LogP) is 9.65. The van der Waals surface area contributed by atoms with Crippen molar-refractivity contribution in [1.29, 1.82) is 5.26 Å². The molecule has 3 heterocycles. The molecule has 0 saturated heterocycles. The molecule has 1 aliphatic carbocycles. The molecule has 1 fully saturated rings. The van der Waals surface area contributed by atoms with Crippen LogP contribution in [-0.4, -0.2) is 77.8 Å². The number of benzene rings is 3. The summed E-state index contributed by atoms with van der Waals surface area (Å²) in [4.78, 5) is 33.0. The maximum Gasteiger partial charge on any atom is 0.222 e. The van der Waals surface area contributed by atoms with E-state index in [9.17, 15) is 14.9 Å². The van der Waals surface area contributed by atoms with Crippen LogP contribution in [0.1, 0.15) is 95.7 Å². The van der Waals surface area contributed by atoms with Crippen LogP contribution in [0, 0.1) is 48.9 Å². The van der Waals surface area contributed by atoms with Gasteiger partial charge in [-0.2, -0.15) is 5.26 Å². The quantitative estimate of drug-likeness (QED) is 0.0670. The number of Topliss-reactive ketones (excluding diaryl/α,β-unsaturated/α-hetero) is 1. The second-order valence-electron chi connectivity index (χ2n) is 17.1. The third-order valence-corrected chi connectivity index (χ3v) is 14.0. The average molecular weight is 912 g/mol. The normalized spacial score (nSPS) is 18.2. The van der Waals surface area contributed by atoms with Crippen LogP contribution in [0.3, 0.4) is 0 Å². The van der Waals surface area contributed by atoms with Crippen LogP contribution >= 0.6 is 34.5 Å². The number of aryl methyl sites for hydroxylation is 2. The van der Waals surface area contributed by atoms with Gasteiger partial charge in [0.1, 0.15) is 47.1 Å². The summed E-state index contributed by atoms with van der Waals surface area (Å²) in [7, 11) is 0. The van der Waals surface area contributed by atoms with Gasteiger partial charge in [-0.3, -0.25) is 19.1 Å². The molecule has 1 aliphatic heterocycles. The highest BCUT2D eigenvalue weighted by atomic mass is 35.5. The van der Waals surface area contributed by atoms with E-state index in [1.807, 2.05) is 35.8 Å². The Morgan fingerprint density at radius 2 is 1.52 bits per heavy atom. The lowest BCUT2D eigenvalue weighted by Crippen LogP contribution is -2.66. The van der Waals surface area contributed by atoms with Crippen LogP contribution in [0.15, 0.2) is 71.7 Å². The summed E-state index contributed by atoms with van der Waals surface area (Å²) in [6, 6.07) is 21.4. The van der Waals surface area contributed by atoms with Crippen molar-refractivity contribution in [2.75, 3.05) is 39.6 Å². The van der Waals surface area contributed by atoms with Crippen molar-refractivity contribution in [2.45, 2.75) is 73.5 Å². The Morgan fingerprint density at radius 1 is 0.857 bits per heavy atom. The minimum absolute atomic E-state index is 0.0659. The van der Waals surface area contributed by atoms with Crippen LogP contribution in [0.4, 0.5) is 0 Å². The number of hydrogen-bond donors (Lipinski definition) is 1. The molecule has 2 aliphatic rings. The van der Waals surface area contributed by atoms with Gasteiger partial charge < -0.3 is 24.3 Å². The zero-order valence-electron chi connectivity index (χ0n) is 36.6. The summed E-state index contributed by atoms with van der Waals surface area (Å²) in [6.45, 7) is 16.7. The van der Waals surface area contributed by atoms with Gasteiger partial charge >= 0.3 is 0 Å². The van der Waals surface area contributed by atoms with Gasteiger partial charge in [0.25, 0.3) is 0 Å². The number of thiophene rings is 1. The Morgan fingerprint density at radius 3 is 2.21 bits per heavy atom. The van der Waals surface area contributed by atoms with Crippen molar-refractivity contribution >= 4 is 51.9 Å². The zero-order chi connectivity index (χ0) is 45.1. The van der Waals surface area contributed by atoms with Gasteiger partial charge in [-0.25, -0.2) is 0 Å². The van der Waals surface area contributed by atoms with Crippen molar-refractivity contribution < 1.29 is 28.5 Å². The topological polar surface area (TPSA) is 150 Å². The molecule has 15 heteroatoms. The molecule has 1 atom stereocenters. The van der Waals surface area contributed by atoms with E-state index >= 15 is 0 Å². The first kappa shape index (κ1) is 45.9. The Kier molecular flexibility index (Phi) is 14.1. The number of carbonyl (C=O) groups excluding carboxylic acids is 2. The zero-order valence-corrected chi connectivity index (χ0v) is 38.9. The number of ketones is 1. The predicted molar refractivity (Wildman–Crippen MR) is 245 cm³/mol. The van der Waals surface area contributed by atoms with E-state index in [0.717, 1.165) is 33.2 Å². The van der Waals surface area contributed by atoms with Crippen molar-refractivity contribution in [1.82, 2.24) is 20.1 Å². The molecule has 5 aromatic rings. The molecular weight excluding hydrogens is 860 g/mol. The van der Waals surface area contributed by atoms with E-state index in [-0.39, 0.29) is 41.0 Å². The number of aliphatic imine (C=N–C) groups is 1. The molecule has 3 aromatic carbocycles. The SMILES string of the molecule is Cc1sc2c(c1C)C(c1ccc(Cl)cc1)=N[C@@H](CC(=O)NCCOCCOCCOc1ccc(C(=O)CC3C(C)(C)C(Oc4ccc(C#N)c(Cl)c4)C3(C)C)cc1)c1nnc(C)n1-2. The van der Waals surface area contributed by atoms with Gasteiger partial charge in [-0.05, 0) is 80.8 Å². The highest BCUT2D eigenvalue weighted by Gasteiger charge is 2.63. The molecule has 0 radical (unpaired) electrons. The highest BCUT2D eigenvalue weighted by molar-refractivity contribution is 7.15. The van der Waals surface area contributed by atoms with Crippen molar-refractivity contribution in [3.63, 3.8) is 0 Å². The minimum Gasteiger partial charge on any atom is -0.491 e. The van der Waals surface area contributed by atoms with Gasteiger partial charge in [0.05, 0.1) is 49.1 Å². The number of rotatable bonds is 18. The Labute approximate surface area is 382 Å². The number of nitrogens with zero attached hydrogens (tertiary/aromatic N) is 5. The standard InChI is InChI=1S/C48H52Cl2N6O6S/c1-28-29(2)63-45-42(28)43(32-8-13-34(49)14-9-32)53-38(44-55-54-30(3)56(44)45)25-41(58)52-18-19-59-20-21-60-22-23-61-35-15-10-31(11-16-35)39(57)26-40-47(4,5)46(48(40,6)7)62-36-17-12-33(27-51)37(50)24-36/h8-17,24,38,40,46H,18-23,25-26H2,1-7H3,(H,52,58)/t38-,40?,46?/m0/s1. The fourth-order valence-electron chi connectivity index (χ4n) is 9.04. The summed E-state index contributed by atoms with van der Waals surface area (Å²) in [6.07, 6.45) is 0.343. The molecule has 0 spiro atoms. The van der Waals surface area contributed by atoms with E-state index < -0.39 is 6.04 Å². The van der Waals surface area contributed by atoms with E-state index in [1.165, 1.54) is 4.88 Å². The van der Waals surface area contributed by atoms with Gasteiger partial charge in [0, 0.05) is 56.5 Å². The average Bonchev–Trinajstić information content (AvgIpc) is 3.74. The highest BCUT2D eigenvalue weighted by Crippen LogP contribution is 2.62. The van der Waals surface area contributed by atoms with Crippen LogP contribution in [0.2, 0.25) is 10.0 Å². The second-order valence-corrected chi connectivity index (χ2v) is 19.2. The summed E-state index contributed by atoms with van der Waals surface area (Å²) in [5, 5.41) is 23.0. The van der Waals surface area contributed by atoms with Gasteiger partial charge in [0.2, 0.25) is 5.91 Å². The van der Waals surface area contributed by atoms with Crippen LogP contribution in [0.5, 0.6) is 11.5 Å². The van der Waals surface area contributed by atoms with E-state index in [0.29, 0.717) is 84.5 Å². The molecule has 7 rings (SSSR count). The molecule has 12 nitrogen and oxygen atoms in total. The van der Waals surface area contributed by atoms with Crippen molar-refractivity contribution in [3.05, 3.63) is 121 Å². The number of nitrogens with one attached hydrogen (secondary N) is 1. The number of nitriles is 1. The maximum absolute atomic E-state index is 13.4. The molecule has 0 unspecified atom stereocenters. The van der Waals surface area contributed by atoms with Gasteiger partial charge in [-0.1, -0.05) is 63.0 Å². The summed E-state index contributed by atoms with van der Waals surface area (Å²) < 4.78 is 25.7. The Balaban J connectivity index is 0.804. The van der Waals surface area contributed by atoms with Crippen molar-refractivity contribution in [2.24, 2.45) is 21.7 Å². The Bertz CT molecular complexity index is 2530. The lowest BCUT2D eigenvalue weighted by molar-refractivity contribution is -0.196. The molecule has 2 aromatic heterocycles. The molecular formula is C48H52Cl2N6O6S. The molecule has 1 N–H and O–H groups in total. The first-order valence-electron chi connectivity index (χ1n) is 21.0. The third-order valence-electron chi connectivity index (χ3n) is 12.2. The fourth-order valence-corrected chi connectivity index (χ4v) is 10.6. The van der Waals surface area contributed by atoms with Crippen LogP contribution in [-0.2, 0) is 14.3 Å². The van der Waals surface area contributed by atoms with E-state index in [4.69, 9.17) is 47.1 Å². The summed E-state index contributed by atoms with van der Waals surface area (Å²) >= 11 is 14.1. The van der Waals surface area contributed by atoms with E-state index in [2.05, 4.69) is 63.1 Å². The fraction of sp³-hybridized carbons (Fsp3) is 0.417. The molecule has 1 saturated carbocycles. The van der Waals surface area contributed by atoms with Crippen molar-refractivity contribution in [3.8, 4) is 22.6 Å². The number of halogens is 2. The molecule has 63 heavy (non-hydrogen) atoms. The number of hydrogen-bond acceptors (Lipinski definition) is 11. The first-order chi connectivity index (χ1) is 30.1. The minimum atomic E-state index is -0.551. The second kappa shape index (κ2) is 19.3. The van der Waals surface area contributed by atoms with Gasteiger partial charge in [0.15, 0.2) is 11.6 Å². The number of ether oxygens (including phenoxy) is 4. The number of aromatic nitrogens is 3. The molecule has 330 valence electrons. The largest absolute Gasteiger partial charge is 0.491 e. The number of fused-ring (bicyclic) bond motifs is 3. The lowest BCUT2D eigenvalue weighted by atomic mass is 9.44. The third kappa shape index (κ3) is 9.86. The monoisotopic (exact) mass is 910 g/mol.